The van der Waals surface area contributed by atoms with Crippen molar-refractivity contribution in [2.24, 2.45) is 0 Å². The summed E-state index contributed by atoms with van der Waals surface area (Å²) in [6, 6.07) is 3.97. The van der Waals surface area contributed by atoms with Crippen LogP contribution in [0.15, 0.2) is 0 Å². The zero-order valence-corrected chi connectivity index (χ0v) is 12.5. The minimum atomic E-state index is -1.30. The number of rotatable bonds is 8. The van der Waals surface area contributed by atoms with Crippen molar-refractivity contribution in [3.63, 3.8) is 0 Å². The van der Waals surface area contributed by atoms with Crippen molar-refractivity contribution in [2.45, 2.75) is 45.3 Å². The van der Waals surface area contributed by atoms with Crippen LogP contribution in [0, 0.1) is 0 Å². The fourth-order valence-electron chi connectivity index (χ4n) is 1.90. The van der Waals surface area contributed by atoms with Crippen LogP contribution in [0.1, 0.15) is 27.2 Å². The van der Waals surface area contributed by atoms with Gasteiger partial charge in [0.25, 0.3) is 0 Å². The van der Waals surface area contributed by atoms with Crippen molar-refractivity contribution in [1.29, 1.82) is 0 Å². The highest BCUT2D eigenvalue weighted by atomic mass is 31.1. The first-order valence-electron chi connectivity index (χ1n) is 5.89. The van der Waals surface area contributed by atoms with Crippen LogP contribution in [0.25, 0.3) is 0 Å². The molecule has 0 aliphatic rings. The molecule has 1 nitrogen and oxygen atoms in total. The lowest BCUT2D eigenvalue weighted by Crippen LogP contribution is -2.36. The maximum Gasteiger partial charge on any atom is 0.192 e. The molecule has 0 amide bonds. The third kappa shape index (κ3) is 5.48. The van der Waals surface area contributed by atoms with Crippen molar-refractivity contribution >= 4 is 16.2 Å². The molecular formula is C11H27OPSi. The molecule has 3 heteroatoms. The van der Waals surface area contributed by atoms with Gasteiger partial charge in [0.1, 0.15) is 0 Å². The molecule has 86 valence electrons. The summed E-state index contributed by atoms with van der Waals surface area (Å²) in [6.45, 7) is 12.4. The summed E-state index contributed by atoms with van der Waals surface area (Å²) in [4.78, 5) is 0. The van der Waals surface area contributed by atoms with E-state index >= 15 is 0 Å². The van der Waals surface area contributed by atoms with E-state index < -0.39 is 8.32 Å². The van der Waals surface area contributed by atoms with Gasteiger partial charge in [-0.25, -0.2) is 0 Å². The lowest BCUT2D eigenvalue weighted by atomic mass is 10.6. The Bertz CT molecular complexity index is 135. The van der Waals surface area contributed by atoms with Gasteiger partial charge in [-0.05, 0) is 51.0 Å². The molecule has 0 aromatic carbocycles. The molecule has 0 N–H and O–H groups in total. The maximum absolute atomic E-state index is 6.06. The van der Waals surface area contributed by atoms with Crippen LogP contribution in [0.3, 0.4) is 0 Å². The fourth-order valence-corrected chi connectivity index (χ4v) is 6.18. The Morgan fingerprint density at radius 3 is 2.00 bits per heavy atom. The molecule has 0 bridgehead atoms. The molecular weight excluding hydrogens is 207 g/mol. The SMILES string of the molecule is CCO[Si](CC)(CC)CCCP(C)C. The Hall–Kier alpha value is 0.607. The highest BCUT2D eigenvalue weighted by molar-refractivity contribution is 7.55. The lowest BCUT2D eigenvalue weighted by Gasteiger charge is -2.29. The van der Waals surface area contributed by atoms with Crippen molar-refractivity contribution in [3.05, 3.63) is 0 Å². The smallest absolute Gasteiger partial charge is 0.192 e. The molecule has 0 saturated carbocycles. The monoisotopic (exact) mass is 234 g/mol. The van der Waals surface area contributed by atoms with E-state index in [1.165, 1.54) is 30.7 Å². The molecule has 0 atom stereocenters. The van der Waals surface area contributed by atoms with Crippen molar-refractivity contribution in [1.82, 2.24) is 0 Å². The second-order valence-corrected chi connectivity index (χ2v) is 11.4. The molecule has 0 unspecified atom stereocenters. The molecule has 0 rings (SSSR count). The first-order valence-corrected chi connectivity index (χ1v) is 10.8. The molecule has 0 aliphatic heterocycles. The highest BCUT2D eigenvalue weighted by Crippen LogP contribution is 2.30. The summed E-state index contributed by atoms with van der Waals surface area (Å²) in [5.74, 6) is 0. The predicted molar refractivity (Wildman–Crippen MR) is 71.4 cm³/mol. The van der Waals surface area contributed by atoms with Crippen molar-refractivity contribution < 1.29 is 4.43 Å². The largest absolute Gasteiger partial charge is 0.417 e. The Morgan fingerprint density at radius 1 is 1.07 bits per heavy atom. The Kier molecular flexibility index (Phi) is 8.18. The fraction of sp³-hybridized carbons (Fsp3) is 1.00. The number of hydrogen-bond acceptors (Lipinski definition) is 1. The normalized spacial score (nSPS) is 12.4. The van der Waals surface area contributed by atoms with Crippen LogP contribution in [-0.2, 0) is 4.43 Å². The van der Waals surface area contributed by atoms with Crippen molar-refractivity contribution in [3.8, 4) is 0 Å². The van der Waals surface area contributed by atoms with Gasteiger partial charge in [0.2, 0.25) is 0 Å². The molecule has 0 radical (unpaired) electrons. The molecule has 0 fully saturated rings. The number of hydrogen-bond donors (Lipinski definition) is 0. The molecule has 0 spiro atoms. The van der Waals surface area contributed by atoms with Gasteiger partial charge in [0, 0.05) is 6.61 Å². The minimum absolute atomic E-state index is 0.294. The van der Waals surface area contributed by atoms with Crippen LogP contribution >= 0.6 is 7.92 Å². The van der Waals surface area contributed by atoms with E-state index in [0.717, 1.165) is 6.61 Å². The van der Waals surface area contributed by atoms with E-state index in [-0.39, 0.29) is 0 Å². The van der Waals surface area contributed by atoms with Crippen LogP contribution in [0.5, 0.6) is 0 Å². The molecule has 0 saturated heterocycles. The van der Waals surface area contributed by atoms with Gasteiger partial charge >= 0.3 is 0 Å². The summed E-state index contributed by atoms with van der Waals surface area (Å²) in [7, 11) is -1.01. The van der Waals surface area contributed by atoms with Crippen LogP contribution in [0.4, 0.5) is 0 Å². The molecule has 0 aromatic rings. The molecule has 14 heavy (non-hydrogen) atoms. The Balaban J connectivity index is 3.94. The van der Waals surface area contributed by atoms with E-state index in [1.807, 2.05) is 0 Å². The summed E-state index contributed by atoms with van der Waals surface area (Å²) in [5, 5.41) is 0. The second kappa shape index (κ2) is 7.84. The third-order valence-corrected chi connectivity index (χ3v) is 8.93. The van der Waals surface area contributed by atoms with E-state index in [2.05, 4.69) is 34.1 Å². The zero-order chi connectivity index (χ0) is 11.0. The summed E-state index contributed by atoms with van der Waals surface area (Å²) < 4.78 is 6.06. The van der Waals surface area contributed by atoms with Gasteiger partial charge in [0.15, 0.2) is 8.32 Å². The first kappa shape index (κ1) is 14.6. The molecule has 0 aliphatic carbocycles. The predicted octanol–water partition coefficient (Wildman–Crippen LogP) is 4.14. The minimum Gasteiger partial charge on any atom is -0.417 e. The lowest BCUT2D eigenvalue weighted by molar-refractivity contribution is 0.319. The van der Waals surface area contributed by atoms with Gasteiger partial charge < -0.3 is 4.43 Å². The Morgan fingerprint density at radius 2 is 1.64 bits per heavy atom. The Labute approximate surface area is 92.5 Å². The van der Waals surface area contributed by atoms with Gasteiger partial charge in [-0.15, -0.1) is 7.92 Å². The van der Waals surface area contributed by atoms with Gasteiger partial charge in [0.05, 0.1) is 0 Å². The summed E-state index contributed by atoms with van der Waals surface area (Å²) >= 11 is 0. The van der Waals surface area contributed by atoms with Crippen LogP contribution < -0.4 is 0 Å². The average molecular weight is 234 g/mol. The summed E-state index contributed by atoms with van der Waals surface area (Å²) in [5.41, 5.74) is 0. The van der Waals surface area contributed by atoms with Gasteiger partial charge in [-0.3, -0.25) is 0 Å². The highest BCUT2D eigenvalue weighted by Gasteiger charge is 2.29. The quantitative estimate of drug-likeness (QED) is 0.453. The van der Waals surface area contributed by atoms with Gasteiger partial charge in [-0.2, -0.15) is 0 Å². The average Bonchev–Trinajstić information content (AvgIpc) is 2.16. The second-order valence-electron chi connectivity index (χ2n) is 4.23. The van der Waals surface area contributed by atoms with Crippen molar-refractivity contribution in [2.75, 3.05) is 26.1 Å². The third-order valence-electron chi connectivity index (χ3n) is 2.98. The van der Waals surface area contributed by atoms with E-state index in [1.54, 1.807) is 0 Å². The topological polar surface area (TPSA) is 9.23 Å². The zero-order valence-electron chi connectivity index (χ0n) is 10.6. The molecule has 0 heterocycles. The van der Waals surface area contributed by atoms with E-state index in [0.29, 0.717) is 7.92 Å². The van der Waals surface area contributed by atoms with Crippen LogP contribution in [-0.4, -0.2) is 34.4 Å². The van der Waals surface area contributed by atoms with Crippen LogP contribution in [0.2, 0.25) is 18.1 Å². The first-order chi connectivity index (χ1) is 6.60. The maximum atomic E-state index is 6.06. The van der Waals surface area contributed by atoms with E-state index in [4.69, 9.17) is 4.43 Å². The van der Waals surface area contributed by atoms with Gasteiger partial charge in [-0.1, -0.05) is 13.8 Å². The van der Waals surface area contributed by atoms with E-state index in [9.17, 15) is 0 Å². The standard InChI is InChI=1S/C11H27OPSi/c1-6-12-14(7-2,8-3)11-9-10-13(4)5/h6-11H2,1-5H3. The molecule has 0 aromatic heterocycles. The summed E-state index contributed by atoms with van der Waals surface area (Å²) in [6.07, 6.45) is 2.82.